The quantitative estimate of drug-likeness (QED) is 0.550. The average Bonchev–Trinajstić information content (AvgIpc) is 2.07. The van der Waals surface area contributed by atoms with Crippen molar-refractivity contribution in [2.75, 3.05) is 5.32 Å². The summed E-state index contributed by atoms with van der Waals surface area (Å²) in [6.45, 7) is 6.09. The molecule has 0 saturated carbocycles. The van der Waals surface area contributed by atoms with Gasteiger partial charge in [-0.2, -0.15) is 0 Å². The molecule has 2 N–H and O–H groups in total. The van der Waals surface area contributed by atoms with Crippen molar-refractivity contribution in [3.63, 3.8) is 0 Å². The first-order valence-electron chi connectivity index (χ1n) is 4.51. The van der Waals surface area contributed by atoms with Crippen molar-refractivity contribution in [3.8, 4) is 5.75 Å². The van der Waals surface area contributed by atoms with Gasteiger partial charge in [0.05, 0.1) is 10.7 Å². The number of para-hydroxylation sites is 2. The molecule has 0 spiro atoms. The second kappa shape index (κ2) is 3.96. The molecule has 0 saturated heterocycles. The third-order valence-corrected chi connectivity index (χ3v) is 2.55. The van der Waals surface area contributed by atoms with E-state index in [-0.39, 0.29) is 11.2 Å². The van der Waals surface area contributed by atoms with Gasteiger partial charge in [-0.25, -0.2) is 0 Å². The van der Waals surface area contributed by atoms with Gasteiger partial charge in [0, 0.05) is 5.41 Å². The van der Waals surface area contributed by atoms with Gasteiger partial charge >= 0.3 is 0 Å². The first-order chi connectivity index (χ1) is 6.41. The van der Waals surface area contributed by atoms with E-state index in [1.165, 1.54) is 0 Å². The number of rotatable bonds is 1. The highest BCUT2D eigenvalue weighted by Crippen LogP contribution is 2.25. The second-order valence-corrected chi connectivity index (χ2v) is 4.63. The van der Waals surface area contributed by atoms with Crippen LogP contribution in [-0.4, -0.2) is 10.1 Å². The van der Waals surface area contributed by atoms with Gasteiger partial charge in [0.1, 0.15) is 5.75 Å². The highest BCUT2D eigenvalue weighted by Gasteiger charge is 2.17. The van der Waals surface area contributed by atoms with E-state index in [1.807, 2.05) is 26.8 Å². The molecule has 2 nitrogen and oxygen atoms in total. The van der Waals surface area contributed by atoms with Gasteiger partial charge in [0.15, 0.2) is 0 Å². The lowest BCUT2D eigenvalue weighted by Crippen LogP contribution is -2.25. The number of thiocarbonyl (C=S) groups is 1. The Morgan fingerprint density at radius 1 is 1.29 bits per heavy atom. The van der Waals surface area contributed by atoms with Crippen LogP contribution in [0, 0.1) is 5.41 Å². The van der Waals surface area contributed by atoms with Crippen LogP contribution in [-0.2, 0) is 0 Å². The predicted molar refractivity (Wildman–Crippen MR) is 63.8 cm³/mol. The number of benzene rings is 1. The minimum absolute atomic E-state index is 0.0857. The maximum absolute atomic E-state index is 9.50. The topological polar surface area (TPSA) is 32.3 Å². The van der Waals surface area contributed by atoms with Crippen LogP contribution in [0.2, 0.25) is 0 Å². The normalized spacial score (nSPS) is 11.1. The summed E-state index contributed by atoms with van der Waals surface area (Å²) in [6.07, 6.45) is 0. The molecule has 1 aromatic carbocycles. The third kappa shape index (κ3) is 2.70. The smallest absolute Gasteiger partial charge is 0.139 e. The maximum atomic E-state index is 9.50. The molecular weight excluding hydrogens is 194 g/mol. The van der Waals surface area contributed by atoms with E-state index in [0.29, 0.717) is 5.69 Å². The van der Waals surface area contributed by atoms with Gasteiger partial charge in [-0.15, -0.1) is 0 Å². The van der Waals surface area contributed by atoms with E-state index in [2.05, 4.69) is 5.32 Å². The van der Waals surface area contributed by atoms with Crippen molar-refractivity contribution < 1.29 is 5.11 Å². The van der Waals surface area contributed by atoms with Crippen molar-refractivity contribution in [1.82, 2.24) is 0 Å². The molecule has 0 heterocycles. The van der Waals surface area contributed by atoms with E-state index in [9.17, 15) is 5.11 Å². The highest BCUT2D eigenvalue weighted by molar-refractivity contribution is 7.80. The summed E-state index contributed by atoms with van der Waals surface area (Å²) in [5.41, 5.74) is 0.574. The van der Waals surface area contributed by atoms with Crippen LogP contribution < -0.4 is 5.32 Å². The monoisotopic (exact) mass is 209 g/mol. The lowest BCUT2D eigenvalue weighted by molar-refractivity contribution is 0.477. The molecule has 0 aliphatic carbocycles. The van der Waals surface area contributed by atoms with Crippen molar-refractivity contribution >= 4 is 22.9 Å². The Morgan fingerprint density at radius 3 is 2.36 bits per heavy atom. The van der Waals surface area contributed by atoms with Gasteiger partial charge in [-0.3, -0.25) is 0 Å². The molecule has 1 rings (SSSR count). The van der Waals surface area contributed by atoms with Gasteiger partial charge in [-0.05, 0) is 12.1 Å². The number of nitrogens with one attached hydrogen (secondary N) is 1. The van der Waals surface area contributed by atoms with Gasteiger partial charge in [0.2, 0.25) is 0 Å². The molecule has 3 heteroatoms. The van der Waals surface area contributed by atoms with Crippen LogP contribution in [0.15, 0.2) is 24.3 Å². The van der Waals surface area contributed by atoms with E-state index >= 15 is 0 Å². The van der Waals surface area contributed by atoms with E-state index in [4.69, 9.17) is 12.2 Å². The predicted octanol–water partition coefficient (Wildman–Crippen LogP) is 3.18. The fraction of sp³-hybridized carbons (Fsp3) is 0.364. The number of anilines is 1. The van der Waals surface area contributed by atoms with Gasteiger partial charge in [0.25, 0.3) is 0 Å². The van der Waals surface area contributed by atoms with Crippen molar-refractivity contribution in [1.29, 1.82) is 0 Å². The fourth-order valence-electron chi connectivity index (χ4n) is 0.889. The van der Waals surface area contributed by atoms with E-state index in [0.717, 1.165) is 4.99 Å². The molecule has 0 aliphatic heterocycles. The summed E-state index contributed by atoms with van der Waals surface area (Å²) in [5, 5.41) is 12.5. The molecule has 0 bridgehead atoms. The van der Waals surface area contributed by atoms with Crippen LogP contribution in [0.5, 0.6) is 5.75 Å². The Morgan fingerprint density at radius 2 is 1.86 bits per heavy atom. The summed E-state index contributed by atoms with van der Waals surface area (Å²) in [7, 11) is 0. The minimum atomic E-state index is -0.0857. The Hall–Kier alpha value is -1.09. The first kappa shape index (κ1) is 11.0. The Kier molecular flexibility index (Phi) is 3.11. The molecule has 14 heavy (non-hydrogen) atoms. The van der Waals surface area contributed by atoms with Crippen LogP contribution in [0.1, 0.15) is 20.8 Å². The Bertz CT molecular complexity index is 341. The van der Waals surface area contributed by atoms with Crippen LogP contribution in [0.3, 0.4) is 0 Å². The van der Waals surface area contributed by atoms with E-state index in [1.54, 1.807) is 18.2 Å². The molecule has 1 aromatic rings. The minimum Gasteiger partial charge on any atom is -0.506 e. The third-order valence-electron chi connectivity index (χ3n) is 1.83. The molecule has 0 radical (unpaired) electrons. The fourth-order valence-corrected chi connectivity index (χ4v) is 0.999. The lowest BCUT2D eigenvalue weighted by atomic mass is 9.96. The number of hydrogen-bond acceptors (Lipinski definition) is 2. The average molecular weight is 209 g/mol. The largest absolute Gasteiger partial charge is 0.506 e. The maximum Gasteiger partial charge on any atom is 0.139 e. The van der Waals surface area contributed by atoms with Crippen LogP contribution in [0.4, 0.5) is 5.69 Å². The molecule has 0 fully saturated rings. The number of hydrogen-bond donors (Lipinski definition) is 2. The zero-order chi connectivity index (χ0) is 10.8. The zero-order valence-electron chi connectivity index (χ0n) is 8.66. The molecule has 0 unspecified atom stereocenters. The van der Waals surface area contributed by atoms with Crippen molar-refractivity contribution in [3.05, 3.63) is 24.3 Å². The SMILES string of the molecule is CC(C)(C)C(=S)Nc1ccccc1O. The van der Waals surface area contributed by atoms with Crippen molar-refractivity contribution in [2.45, 2.75) is 20.8 Å². The number of aromatic hydroxyl groups is 1. The summed E-state index contributed by atoms with van der Waals surface area (Å²) in [4.78, 5) is 0.721. The number of phenols is 1. The summed E-state index contributed by atoms with van der Waals surface area (Å²) < 4.78 is 0. The summed E-state index contributed by atoms with van der Waals surface area (Å²) in [5.74, 6) is 0.221. The Labute approximate surface area is 90.0 Å². The molecule has 0 amide bonds. The molecule has 0 aliphatic rings. The summed E-state index contributed by atoms with van der Waals surface area (Å²) >= 11 is 5.21. The van der Waals surface area contributed by atoms with E-state index < -0.39 is 0 Å². The first-order valence-corrected chi connectivity index (χ1v) is 4.91. The zero-order valence-corrected chi connectivity index (χ0v) is 9.48. The standard InChI is InChI=1S/C11H15NOS/c1-11(2,3)10(14)12-8-6-4-5-7-9(8)13/h4-7,13H,1-3H3,(H,12,14). The van der Waals surface area contributed by atoms with Gasteiger partial charge < -0.3 is 10.4 Å². The lowest BCUT2D eigenvalue weighted by Gasteiger charge is -2.21. The number of phenolic OH excluding ortho intramolecular Hbond substituents is 1. The van der Waals surface area contributed by atoms with Crippen LogP contribution in [0.25, 0.3) is 0 Å². The van der Waals surface area contributed by atoms with Crippen molar-refractivity contribution in [2.24, 2.45) is 5.41 Å². The Balaban J connectivity index is 2.80. The van der Waals surface area contributed by atoms with Crippen LogP contribution >= 0.6 is 12.2 Å². The molecule has 76 valence electrons. The highest BCUT2D eigenvalue weighted by atomic mass is 32.1. The molecule has 0 aromatic heterocycles. The molecule has 0 atom stereocenters. The van der Waals surface area contributed by atoms with Gasteiger partial charge in [-0.1, -0.05) is 45.1 Å². The summed E-state index contributed by atoms with van der Waals surface area (Å²) in [6, 6.07) is 7.06. The molecular formula is C11H15NOS. The second-order valence-electron chi connectivity index (χ2n) is 4.22.